The molecule has 7 nitrogen and oxygen atoms in total. The number of carbonyl (C=O) groups is 2. The Kier molecular flexibility index (Phi) is 45.9. The molecule has 0 aromatic rings. The maximum atomic E-state index is 13.0. The van der Waals surface area contributed by atoms with Gasteiger partial charge in [-0.15, -0.1) is 0 Å². The molecule has 1 heterocycles. The Morgan fingerprint density at radius 2 is 0.844 bits per heavy atom. The van der Waals surface area contributed by atoms with Gasteiger partial charge in [0.15, 0.2) is 0 Å². The molecule has 0 aliphatic carbocycles. The van der Waals surface area contributed by atoms with Crippen molar-refractivity contribution in [1.29, 1.82) is 0 Å². The van der Waals surface area contributed by atoms with Gasteiger partial charge in [0.25, 0.3) is 0 Å². The van der Waals surface area contributed by atoms with Crippen LogP contribution in [-0.4, -0.2) is 86.3 Å². The fraction of sp³-hybridized carbons (Fsp3) is 0.965. The Labute approximate surface area is 400 Å². The third-order valence-electron chi connectivity index (χ3n) is 14.0. The lowest BCUT2D eigenvalue weighted by molar-refractivity contribution is -0.150. The third-order valence-corrected chi connectivity index (χ3v) is 14.0. The number of unbranched alkanes of at least 4 members (excludes halogenated alkanes) is 28. The van der Waals surface area contributed by atoms with Crippen LogP contribution in [0.15, 0.2) is 0 Å². The van der Waals surface area contributed by atoms with E-state index in [1.807, 2.05) is 0 Å². The molecule has 0 spiro atoms. The molecule has 1 N–H and O–H groups in total. The highest BCUT2D eigenvalue weighted by Crippen LogP contribution is 2.19. The topological polar surface area (TPSA) is 71.1 Å². The van der Waals surface area contributed by atoms with E-state index in [0.29, 0.717) is 24.8 Å². The van der Waals surface area contributed by atoms with E-state index in [-0.39, 0.29) is 12.1 Å². The van der Waals surface area contributed by atoms with Crippen molar-refractivity contribution in [2.45, 2.75) is 303 Å². The summed E-state index contributed by atoms with van der Waals surface area (Å²) in [5.41, 5.74) is 0. The van der Waals surface area contributed by atoms with E-state index in [9.17, 15) is 9.59 Å². The number of morpholine rings is 1. The zero-order valence-electron chi connectivity index (χ0n) is 43.8. The van der Waals surface area contributed by atoms with E-state index in [1.165, 1.54) is 225 Å². The van der Waals surface area contributed by atoms with Gasteiger partial charge in [0.1, 0.15) is 6.10 Å². The molecule has 1 saturated heterocycles. The minimum absolute atomic E-state index is 0.0444. The van der Waals surface area contributed by atoms with Crippen molar-refractivity contribution in [3.05, 3.63) is 0 Å². The first-order chi connectivity index (χ1) is 31.5. The molecule has 0 saturated carbocycles. The van der Waals surface area contributed by atoms with Crippen molar-refractivity contribution < 1.29 is 19.1 Å². The average Bonchev–Trinajstić information content (AvgIpc) is 3.30. The summed E-state index contributed by atoms with van der Waals surface area (Å²) in [7, 11) is 0. The van der Waals surface area contributed by atoms with Gasteiger partial charge in [-0.25, -0.2) is 0 Å². The zero-order valence-corrected chi connectivity index (χ0v) is 43.8. The number of rotatable bonds is 50. The summed E-state index contributed by atoms with van der Waals surface area (Å²) in [5, 5.41) is 3.48. The SMILES string of the molecule is CCCCCCCCC(CCCCCCCC)NC(=O)CCCCCCCN(CCCCCCCC(=O)OC(CCCCCCCC)CCCCCCCC)CCCN1CCOCC1. The van der Waals surface area contributed by atoms with Crippen molar-refractivity contribution in [2.75, 3.05) is 52.5 Å². The molecule has 1 amide bonds. The van der Waals surface area contributed by atoms with Crippen molar-refractivity contribution in [1.82, 2.24) is 15.1 Å². The first-order valence-corrected chi connectivity index (χ1v) is 29.0. The first kappa shape index (κ1) is 60.8. The van der Waals surface area contributed by atoms with Gasteiger partial charge < -0.3 is 19.7 Å². The van der Waals surface area contributed by atoms with Crippen molar-refractivity contribution in [3.8, 4) is 0 Å². The lowest BCUT2D eigenvalue weighted by Gasteiger charge is -2.28. The molecule has 1 aliphatic rings. The number of nitrogens with one attached hydrogen (secondary N) is 1. The number of esters is 1. The summed E-state index contributed by atoms with van der Waals surface area (Å²) in [5.74, 6) is 0.336. The quantitative estimate of drug-likeness (QED) is 0.0484. The number of amides is 1. The Hall–Kier alpha value is -1.18. The predicted octanol–water partition coefficient (Wildman–Crippen LogP) is 16.1. The second-order valence-electron chi connectivity index (χ2n) is 20.3. The van der Waals surface area contributed by atoms with Gasteiger partial charge in [0, 0.05) is 32.0 Å². The largest absolute Gasteiger partial charge is 0.462 e. The molecule has 0 bridgehead atoms. The van der Waals surface area contributed by atoms with Gasteiger partial charge in [0.05, 0.1) is 13.2 Å². The van der Waals surface area contributed by atoms with Crippen molar-refractivity contribution in [3.63, 3.8) is 0 Å². The molecule has 380 valence electrons. The first-order valence-electron chi connectivity index (χ1n) is 29.0. The average molecular weight is 905 g/mol. The predicted molar refractivity (Wildman–Crippen MR) is 278 cm³/mol. The van der Waals surface area contributed by atoms with Crippen LogP contribution < -0.4 is 5.32 Å². The lowest BCUT2D eigenvalue weighted by Crippen LogP contribution is -2.38. The molecule has 0 atom stereocenters. The number of carbonyl (C=O) groups excluding carboxylic acids is 2. The molecule has 0 radical (unpaired) electrons. The summed E-state index contributed by atoms with van der Waals surface area (Å²) < 4.78 is 11.7. The van der Waals surface area contributed by atoms with Crippen LogP contribution in [0, 0.1) is 0 Å². The number of hydrogen-bond acceptors (Lipinski definition) is 6. The van der Waals surface area contributed by atoms with E-state index < -0.39 is 0 Å². The Balaban J connectivity index is 2.38. The van der Waals surface area contributed by atoms with Gasteiger partial charge in [-0.3, -0.25) is 14.5 Å². The van der Waals surface area contributed by atoms with E-state index in [2.05, 4.69) is 42.8 Å². The number of ether oxygens (including phenoxy) is 2. The summed E-state index contributed by atoms with van der Waals surface area (Å²) in [6.07, 6.45) is 50.1. The summed E-state index contributed by atoms with van der Waals surface area (Å²) in [4.78, 5) is 31.2. The Morgan fingerprint density at radius 3 is 1.31 bits per heavy atom. The van der Waals surface area contributed by atoms with Crippen molar-refractivity contribution >= 4 is 11.9 Å². The fourth-order valence-corrected chi connectivity index (χ4v) is 9.71. The van der Waals surface area contributed by atoms with Gasteiger partial charge in [-0.2, -0.15) is 0 Å². The van der Waals surface area contributed by atoms with E-state index >= 15 is 0 Å². The van der Waals surface area contributed by atoms with E-state index in [0.717, 1.165) is 77.7 Å². The normalized spacial score (nSPS) is 13.5. The molecule has 1 rings (SSSR count). The van der Waals surface area contributed by atoms with E-state index in [1.54, 1.807) is 0 Å². The second kappa shape index (κ2) is 48.3. The molecular weight excluding hydrogens is 791 g/mol. The molecule has 0 aromatic heterocycles. The van der Waals surface area contributed by atoms with Gasteiger partial charge in [-0.1, -0.05) is 207 Å². The Morgan fingerprint density at radius 1 is 0.469 bits per heavy atom. The molecule has 1 aliphatic heterocycles. The van der Waals surface area contributed by atoms with Crippen LogP contribution in [0.1, 0.15) is 291 Å². The standard InChI is InChI=1S/C57H113N3O4/c1-5-9-13-17-23-31-40-54(41-32-24-18-14-10-6-2)58-56(61)44-35-27-21-29-37-46-59(48-39-49-60-50-52-63-53-51-60)47-38-30-22-28-36-45-57(62)64-55(42-33-25-19-15-11-7-3)43-34-26-20-16-12-8-4/h54-55H,5-53H2,1-4H3,(H,58,61). The highest BCUT2D eigenvalue weighted by Gasteiger charge is 2.16. The maximum Gasteiger partial charge on any atom is 0.306 e. The monoisotopic (exact) mass is 904 g/mol. The highest BCUT2D eigenvalue weighted by atomic mass is 16.5. The lowest BCUT2D eigenvalue weighted by atomic mass is 9.99. The second-order valence-corrected chi connectivity index (χ2v) is 20.3. The van der Waals surface area contributed by atoms with Gasteiger partial charge in [-0.05, 0) is 96.8 Å². The van der Waals surface area contributed by atoms with E-state index in [4.69, 9.17) is 9.47 Å². The van der Waals surface area contributed by atoms with Crippen LogP contribution in [0.5, 0.6) is 0 Å². The smallest absolute Gasteiger partial charge is 0.306 e. The molecule has 64 heavy (non-hydrogen) atoms. The van der Waals surface area contributed by atoms with Gasteiger partial charge in [0.2, 0.25) is 5.91 Å². The molecule has 1 fully saturated rings. The minimum Gasteiger partial charge on any atom is -0.462 e. The third kappa shape index (κ3) is 41.0. The van der Waals surface area contributed by atoms with Crippen molar-refractivity contribution in [2.24, 2.45) is 0 Å². The zero-order chi connectivity index (χ0) is 46.2. The maximum absolute atomic E-state index is 13.0. The van der Waals surface area contributed by atoms with Crippen LogP contribution in [0.4, 0.5) is 0 Å². The minimum atomic E-state index is 0.0444. The summed E-state index contributed by atoms with van der Waals surface area (Å²) >= 11 is 0. The van der Waals surface area contributed by atoms with Crippen LogP contribution in [-0.2, 0) is 19.1 Å². The van der Waals surface area contributed by atoms with Crippen LogP contribution in [0.2, 0.25) is 0 Å². The Bertz CT molecular complexity index is 878. The van der Waals surface area contributed by atoms with Crippen LogP contribution >= 0.6 is 0 Å². The molecule has 0 aromatic carbocycles. The molecule has 0 unspecified atom stereocenters. The summed E-state index contributed by atoms with van der Waals surface area (Å²) in [6.45, 7) is 17.7. The van der Waals surface area contributed by atoms with Crippen LogP contribution in [0.25, 0.3) is 0 Å². The van der Waals surface area contributed by atoms with Crippen LogP contribution in [0.3, 0.4) is 0 Å². The highest BCUT2D eigenvalue weighted by molar-refractivity contribution is 5.76. The fourth-order valence-electron chi connectivity index (χ4n) is 9.71. The number of hydrogen-bond donors (Lipinski definition) is 1. The van der Waals surface area contributed by atoms with Gasteiger partial charge >= 0.3 is 5.97 Å². The molecule has 7 heteroatoms. The molecular formula is C57H113N3O4. The number of nitrogens with zero attached hydrogens (tertiary/aromatic N) is 2. The summed E-state index contributed by atoms with van der Waals surface area (Å²) in [6, 6.07) is 0.375.